The van der Waals surface area contributed by atoms with Gasteiger partial charge in [0.15, 0.2) is 0 Å². The molecule has 1 aromatic carbocycles. The second kappa shape index (κ2) is 7.75. The van der Waals surface area contributed by atoms with Crippen molar-refractivity contribution in [2.75, 3.05) is 18.5 Å². The van der Waals surface area contributed by atoms with Crippen LogP contribution in [0.2, 0.25) is 0 Å². The van der Waals surface area contributed by atoms with E-state index < -0.39 is 23.7 Å². The van der Waals surface area contributed by atoms with E-state index in [4.69, 9.17) is 10.5 Å². The molecule has 1 aromatic heterocycles. The molecular weight excluding hydrogens is 373 g/mol. The van der Waals surface area contributed by atoms with Crippen LogP contribution < -0.4 is 11.1 Å². The Balaban J connectivity index is 1.86. The van der Waals surface area contributed by atoms with E-state index in [1.807, 2.05) is 0 Å². The number of anilines is 1. The number of fused-ring (bicyclic) bond motifs is 1. The summed E-state index contributed by atoms with van der Waals surface area (Å²) in [5.41, 5.74) is 6.77. The van der Waals surface area contributed by atoms with Gasteiger partial charge in [0.1, 0.15) is 10.8 Å². The maximum atomic E-state index is 13.0. The van der Waals surface area contributed by atoms with Crippen LogP contribution in [-0.4, -0.2) is 36.0 Å². The fourth-order valence-electron chi connectivity index (χ4n) is 2.90. The Kier molecular flexibility index (Phi) is 5.41. The summed E-state index contributed by atoms with van der Waals surface area (Å²) >= 11 is 1.20. The Bertz CT molecular complexity index is 895. The molecule has 0 saturated heterocycles. The number of nitrogens with one attached hydrogen (secondary N) is 1. The summed E-state index contributed by atoms with van der Waals surface area (Å²) in [5.74, 6) is -1.57. The predicted octanol–water partition coefficient (Wildman–Crippen LogP) is 2.75. The molecule has 1 aliphatic rings. The third-order valence-electron chi connectivity index (χ3n) is 4.16. The Morgan fingerprint density at radius 2 is 2.00 bits per heavy atom. The van der Waals surface area contributed by atoms with Crippen LogP contribution in [0.1, 0.15) is 38.1 Å². The van der Waals surface area contributed by atoms with E-state index >= 15 is 0 Å². The number of carbonyl (C=O) groups excluding carboxylic acids is 3. The highest BCUT2D eigenvalue weighted by Crippen LogP contribution is 2.37. The normalized spacial score (nSPS) is 13.0. The monoisotopic (exact) mass is 391 g/mol. The molecule has 3 rings (SSSR count). The Morgan fingerprint density at radius 1 is 1.30 bits per heavy atom. The van der Waals surface area contributed by atoms with Crippen LogP contribution in [0.5, 0.6) is 0 Å². The highest BCUT2D eigenvalue weighted by Gasteiger charge is 2.30. The second-order valence-corrected chi connectivity index (χ2v) is 7.01. The molecule has 0 bridgehead atoms. The molecule has 3 N–H and O–H groups in total. The van der Waals surface area contributed by atoms with Gasteiger partial charge in [0.25, 0.3) is 11.8 Å². The Hall–Kier alpha value is -2.94. The third-order valence-corrected chi connectivity index (χ3v) is 5.29. The molecule has 0 unspecified atom stereocenters. The van der Waals surface area contributed by atoms with Gasteiger partial charge in [0, 0.05) is 17.0 Å². The van der Waals surface area contributed by atoms with Gasteiger partial charge in [-0.2, -0.15) is 0 Å². The zero-order valence-electron chi connectivity index (χ0n) is 14.6. The number of hydrogen-bond acceptors (Lipinski definition) is 5. The van der Waals surface area contributed by atoms with Crippen LogP contribution in [0.4, 0.5) is 14.2 Å². The van der Waals surface area contributed by atoms with E-state index in [0.29, 0.717) is 18.0 Å². The van der Waals surface area contributed by atoms with Crippen molar-refractivity contribution < 1.29 is 23.5 Å². The SMILES string of the molecule is CCOC(=O)N1CCc2c(sc(NC(=O)c3ccc(F)cc3)c2C(N)=O)C1. The van der Waals surface area contributed by atoms with Gasteiger partial charge in [0.05, 0.1) is 18.7 Å². The first kappa shape index (κ1) is 18.8. The minimum atomic E-state index is -0.647. The van der Waals surface area contributed by atoms with Crippen molar-refractivity contribution in [3.8, 4) is 0 Å². The highest BCUT2D eigenvalue weighted by molar-refractivity contribution is 7.17. The summed E-state index contributed by atoms with van der Waals surface area (Å²) in [4.78, 5) is 38.6. The summed E-state index contributed by atoms with van der Waals surface area (Å²) < 4.78 is 18.0. The van der Waals surface area contributed by atoms with E-state index in [9.17, 15) is 18.8 Å². The maximum absolute atomic E-state index is 13.0. The van der Waals surface area contributed by atoms with Crippen molar-refractivity contribution in [2.24, 2.45) is 5.73 Å². The first-order valence-electron chi connectivity index (χ1n) is 8.33. The van der Waals surface area contributed by atoms with Crippen LogP contribution >= 0.6 is 11.3 Å². The van der Waals surface area contributed by atoms with Crippen LogP contribution in [0.25, 0.3) is 0 Å². The number of halogens is 1. The lowest BCUT2D eigenvalue weighted by Crippen LogP contribution is -2.36. The van der Waals surface area contributed by atoms with E-state index in [1.165, 1.54) is 35.6 Å². The largest absolute Gasteiger partial charge is 0.450 e. The Labute approximate surface area is 158 Å². The number of benzene rings is 1. The molecule has 3 amide bonds. The molecule has 27 heavy (non-hydrogen) atoms. The predicted molar refractivity (Wildman–Crippen MR) is 98.3 cm³/mol. The number of hydrogen-bond donors (Lipinski definition) is 2. The average molecular weight is 391 g/mol. The molecule has 1 aliphatic heterocycles. The van der Waals surface area contributed by atoms with Gasteiger partial charge < -0.3 is 20.7 Å². The number of carbonyl (C=O) groups is 3. The molecule has 9 heteroatoms. The van der Waals surface area contributed by atoms with Crippen molar-refractivity contribution in [3.63, 3.8) is 0 Å². The van der Waals surface area contributed by atoms with Crippen molar-refractivity contribution >= 4 is 34.2 Å². The summed E-state index contributed by atoms with van der Waals surface area (Å²) in [6.07, 6.45) is 0.0177. The van der Waals surface area contributed by atoms with Gasteiger partial charge >= 0.3 is 6.09 Å². The second-order valence-electron chi connectivity index (χ2n) is 5.90. The van der Waals surface area contributed by atoms with E-state index in [1.54, 1.807) is 11.8 Å². The number of thiophene rings is 1. The number of nitrogens with zero attached hydrogens (tertiary/aromatic N) is 1. The standard InChI is InChI=1S/C18H18FN3O4S/c1-2-26-18(25)22-8-7-12-13(9-22)27-17(14(12)15(20)23)21-16(24)10-3-5-11(19)6-4-10/h3-6H,2,7-9H2,1H3,(H2,20,23)(H,21,24). The van der Waals surface area contributed by atoms with Gasteiger partial charge in [-0.05, 0) is 43.2 Å². The van der Waals surface area contributed by atoms with Crippen molar-refractivity contribution in [1.29, 1.82) is 0 Å². The van der Waals surface area contributed by atoms with Crippen molar-refractivity contribution in [2.45, 2.75) is 19.9 Å². The highest BCUT2D eigenvalue weighted by atomic mass is 32.1. The molecule has 0 spiro atoms. The molecule has 7 nitrogen and oxygen atoms in total. The molecular formula is C18H18FN3O4S. The van der Waals surface area contributed by atoms with Gasteiger partial charge in [0.2, 0.25) is 0 Å². The van der Waals surface area contributed by atoms with Crippen LogP contribution in [0, 0.1) is 5.82 Å². The molecule has 0 saturated carbocycles. The molecule has 2 heterocycles. The zero-order valence-corrected chi connectivity index (χ0v) is 15.4. The number of rotatable bonds is 4. The fourth-order valence-corrected chi connectivity index (χ4v) is 4.16. The maximum Gasteiger partial charge on any atom is 0.410 e. The molecule has 142 valence electrons. The third kappa shape index (κ3) is 3.92. The Morgan fingerprint density at radius 3 is 2.63 bits per heavy atom. The summed E-state index contributed by atoms with van der Waals surface area (Å²) in [7, 11) is 0. The minimum absolute atomic E-state index is 0.256. The average Bonchev–Trinajstić information content (AvgIpc) is 2.99. The number of amides is 3. The van der Waals surface area contributed by atoms with Gasteiger partial charge in [-0.1, -0.05) is 0 Å². The first-order chi connectivity index (χ1) is 12.9. The van der Waals surface area contributed by atoms with E-state index in [0.717, 1.165) is 10.4 Å². The quantitative estimate of drug-likeness (QED) is 0.837. The minimum Gasteiger partial charge on any atom is -0.450 e. The van der Waals surface area contributed by atoms with Gasteiger partial charge in [-0.3, -0.25) is 9.59 Å². The molecule has 2 aromatic rings. The lowest BCUT2D eigenvalue weighted by molar-refractivity contribution is 0.0997. The van der Waals surface area contributed by atoms with Gasteiger partial charge in [-0.25, -0.2) is 9.18 Å². The summed E-state index contributed by atoms with van der Waals surface area (Å²) in [6.45, 7) is 2.69. The van der Waals surface area contributed by atoms with Crippen LogP contribution in [0.15, 0.2) is 24.3 Å². The van der Waals surface area contributed by atoms with Crippen molar-refractivity contribution in [1.82, 2.24) is 4.90 Å². The molecule has 0 atom stereocenters. The van der Waals surface area contributed by atoms with Gasteiger partial charge in [-0.15, -0.1) is 11.3 Å². The molecule has 0 fully saturated rings. The molecule has 0 radical (unpaired) electrons. The van der Waals surface area contributed by atoms with E-state index in [-0.39, 0.29) is 24.3 Å². The lowest BCUT2D eigenvalue weighted by Gasteiger charge is -2.26. The van der Waals surface area contributed by atoms with Crippen LogP contribution in [-0.2, 0) is 17.7 Å². The smallest absolute Gasteiger partial charge is 0.410 e. The first-order valence-corrected chi connectivity index (χ1v) is 9.15. The number of ether oxygens (including phenoxy) is 1. The summed E-state index contributed by atoms with van der Waals surface area (Å²) in [5, 5.41) is 3.00. The topological polar surface area (TPSA) is 102 Å². The summed E-state index contributed by atoms with van der Waals surface area (Å²) in [6, 6.07) is 5.07. The fraction of sp³-hybridized carbons (Fsp3) is 0.278. The zero-order chi connectivity index (χ0) is 19.6. The van der Waals surface area contributed by atoms with Crippen LogP contribution in [0.3, 0.4) is 0 Å². The number of nitrogens with two attached hydrogens (primary N) is 1. The molecule has 0 aliphatic carbocycles. The van der Waals surface area contributed by atoms with E-state index in [2.05, 4.69) is 5.32 Å². The lowest BCUT2D eigenvalue weighted by atomic mass is 10.0. The van der Waals surface area contributed by atoms with Crippen molar-refractivity contribution in [3.05, 3.63) is 51.7 Å². The number of primary amides is 1.